The zero-order valence-electron chi connectivity index (χ0n) is 18.5. The van der Waals surface area contributed by atoms with E-state index in [1.54, 1.807) is 6.20 Å². The summed E-state index contributed by atoms with van der Waals surface area (Å²) in [5.41, 5.74) is 2.94. The van der Waals surface area contributed by atoms with E-state index in [4.69, 9.17) is 0 Å². The minimum absolute atomic E-state index is 0.0733. The van der Waals surface area contributed by atoms with Gasteiger partial charge in [-0.05, 0) is 68.6 Å². The Labute approximate surface area is 183 Å². The molecule has 30 heavy (non-hydrogen) atoms. The third-order valence-electron chi connectivity index (χ3n) is 9.09. The van der Waals surface area contributed by atoms with Gasteiger partial charge in [-0.1, -0.05) is 25.8 Å². The maximum atomic E-state index is 13.2. The number of carbonyl (C=O) groups is 2. The van der Waals surface area contributed by atoms with E-state index in [9.17, 15) is 9.59 Å². The summed E-state index contributed by atoms with van der Waals surface area (Å²) >= 11 is 1.39. The SMILES string of the molecule is CC1=C2N(C)C(=O)C(C(=O)Nc3nccs3)C[C@]2(C)[C@@H]2CC[C@]3(C)CCC[C@H]3[C@@H]2C1. The van der Waals surface area contributed by atoms with E-state index in [0.29, 0.717) is 28.8 Å². The van der Waals surface area contributed by atoms with Gasteiger partial charge in [-0.2, -0.15) is 0 Å². The number of thiazole rings is 1. The molecule has 2 heterocycles. The molecule has 1 aromatic rings. The van der Waals surface area contributed by atoms with Crippen LogP contribution in [0.3, 0.4) is 0 Å². The molecule has 1 aliphatic heterocycles. The Morgan fingerprint density at radius 2 is 2.07 bits per heavy atom. The first-order chi connectivity index (χ1) is 14.2. The van der Waals surface area contributed by atoms with Gasteiger partial charge in [0.2, 0.25) is 11.8 Å². The molecule has 2 saturated carbocycles. The second-order valence-corrected chi connectivity index (χ2v) is 11.6. The molecular weight excluding hydrogens is 394 g/mol. The smallest absolute Gasteiger partial charge is 0.239 e. The Bertz CT molecular complexity index is 910. The number of nitrogens with one attached hydrogen (secondary N) is 1. The molecular formula is C24H33N3O2S. The van der Waals surface area contributed by atoms with Gasteiger partial charge < -0.3 is 10.2 Å². The van der Waals surface area contributed by atoms with Gasteiger partial charge in [-0.3, -0.25) is 9.59 Å². The molecule has 1 N–H and O–H groups in total. The van der Waals surface area contributed by atoms with E-state index in [-0.39, 0.29) is 17.2 Å². The molecule has 0 aromatic carbocycles. The minimum Gasteiger partial charge on any atom is -0.318 e. The van der Waals surface area contributed by atoms with Crippen molar-refractivity contribution >= 4 is 28.3 Å². The van der Waals surface area contributed by atoms with Crippen molar-refractivity contribution in [2.24, 2.45) is 34.5 Å². The van der Waals surface area contributed by atoms with Crippen LogP contribution in [-0.2, 0) is 9.59 Å². The molecule has 6 heteroatoms. The number of fused-ring (bicyclic) bond motifs is 5. The van der Waals surface area contributed by atoms with Crippen LogP contribution in [-0.4, -0.2) is 28.7 Å². The topological polar surface area (TPSA) is 62.3 Å². The van der Waals surface area contributed by atoms with Crippen molar-refractivity contribution in [2.75, 3.05) is 12.4 Å². The fraction of sp³-hybridized carbons (Fsp3) is 0.708. The van der Waals surface area contributed by atoms with E-state index in [1.165, 1.54) is 54.7 Å². The van der Waals surface area contributed by atoms with Gasteiger partial charge in [-0.15, -0.1) is 11.3 Å². The van der Waals surface area contributed by atoms with Crippen molar-refractivity contribution in [3.05, 3.63) is 22.8 Å². The summed E-state index contributed by atoms with van der Waals surface area (Å²) in [6.45, 7) is 7.08. The highest BCUT2D eigenvalue weighted by atomic mass is 32.1. The molecule has 6 atom stereocenters. The third kappa shape index (κ3) is 2.82. The lowest BCUT2D eigenvalue weighted by molar-refractivity contribution is -0.147. The first kappa shape index (κ1) is 20.2. The summed E-state index contributed by atoms with van der Waals surface area (Å²) in [6.07, 6.45) is 9.97. The average molecular weight is 428 g/mol. The van der Waals surface area contributed by atoms with E-state index in [2.05, 4.69) is 31.1 Å². The van der Waals surface area contributed by atoms with E-state index >= 15 is 0 Å². The number of amides is 2. The number of hydrogen-bond donors (Lipinski definition) is 1. The molecule has 5 nitrogen and oxygen atoms in total. The quantitative estimate of drug-likeness (QED) is 0.670. The number of likely N-dealkylation sites (tertiary alicyclic amines) is 1. The summed E-state index contributed by atoms with van der Waals surface area (Å²) in [5, 5.41) is 5.29. The predicted octanol–water partition coefficient (Wildman–Crippen LogP) is 5.08. The lowest BCUT2D eigenvalue weighted by atomic mass is 9.48. The summed E-state index contributed by atoms with van der Waals surface area (Å²) in [5.74, 6) is 1.10. The molecule has 162 valence electrons. The zero-order valence-corrected chi connectivity index (χ0v) is 19.3. The van der Waals surface area contributed by atoms with Gasteiger partial charge in [0.05, 0.1) is 0 Å². The van der Waals surface area contributed by atoms with E-state index < -0.39 is 5.92 Å². The van der Waals surface area contributed by atoms with Crippen LogP contribution in [0, 0.1) is 34.5 Å². The van der Waals surface area contributed by atoms with Crippen LogP contribution < -0.4 is 5.32 Å². The lowest BCUT2D eigenvalue weighted by Crippen LogP contribution is -2.57. The molecule has 3 fully saturated rings. The molecule has 0 spiro atoms. The standard InChI is InChI=1S/C24H33N3O2S/c1-14-12-15-17-6-5-8-23(17,2)9-7-18(15)24(3)13-16(21(29)27(4)19(14)24)20(28)26-22-25-10-11-30-22/h10-11,15-18H,5-9,12-13H2,1-4H3,(H,25,26,28)/t15-,16?,17-,18+,23-,24+/m0/s1. The van der Waals surface area contributed by atoms with Crippen molar-refractivity contribution < 1.29 is 9.59 Å². The number of nitrogens with zero attached hydrogens (tertiary/aromatic N) is 2. The monoisotopic (exact) mass is 427 g/mol. The summed E-state index contributed by atoms with van der Waals surface area (Å²) in [4.78, 5) is 32.3. The Balaban J connectivity index is 1.50. The molecule has 0 bridgehead atoms. The van der Waals surface area contributed by atoms with Crippen molar-refractivity contribution in [1.82, 2.24) is 9.88 Å². The number of carbonyl (C=O) groups excluding carboxylic acids is 2. The van der Waals surface area contributed by atoms with Crippen molar-refractivity contribution in [2.45, 2.75) is 65.7 Å². The van der Waals surface area contributed by atoms with Gasteiger partial charge >= 0.3 is 0 Å². The Kier molecular flexibility index (Phi) is 4.66. The average Bonchev–Trinajstić information content (AvgIpc) is 3.33. The highest BCUT2D eigenvalue weighted by Crippen LogP contribution is 2.65. The van der Waals surface area contributed by atoms with Crippen LogP contribution in [0.1, 0.15) is 65.7 Å². The van der Waals surface area contributed by atoms with Gasteiger partial charge in [0, 0.05) is 29.7 Å². The van der Waals surface area contributed by atoms with Crippen molar-refractivity contribution in [3.8, 4) is 0 Å². The minimum atomic E-state index is -0.643. The Hall–Kier alpha value is -1.69. The Morgan fingerprint density at radius 3 is 2.80 bits per heavy atom. The predicted molar refractivity (Wildman–Crippen MR) is 119 cm³/mol. The number of anilines is 1. The van der Waals surface area contributed by atoms with Crippen molar-refractivity contribution in [3.63, 3.8) is 0 Å². The molecule has 2 amide bonds. The molecule has 4 aliphatic rings. The first-order valence-electron chi connectivity index (χ1n) is 11.4. The molecule has 0 radical (unpaired) electrons. The second-order valence-electron chi connectivity index (χ2n) is 10.7. The lowest BCUT2D eigenvalue weighted by Gasteiger charge is -2.59. The van der Waals surface area contributed by atoms with Crippen LogP contribution in [0.15, 0.2) is 22.8 Å². The molecule has 3 aliphatic carbocycles. The highest BCUT2D eigenvalue weighted by Gasteiger charge is 2.60. The zero-order chi connectivity index (χ0) is 21.3. The number of aromatic nitrogens is 1. The van der Waals surface area contributed by atoms with Gasteiger partial charge in [-0.25, -0.2) is 4.98 Å². The summed E-state index contributed by atoms with van der Waals surface area (Å²) < 4.78 is 0. The highest BCUT2D eigenvalue weighted by molar-refractivity contribution is 7.13. The maximum Gasteiger partial charge on any atom is 0.239 e. The second kappa shape index (κ2) is 6.91. The number of rotatable bonds is 2. The number of hydrogen-bond acceptors (Lipinski definition) is 4. The summed E-state index contributed by atoms with van der Waals surface area (Å²) in [6, 6.07) is 0. The number of piperidine rings is 1. The van der Waals surface area contributed by atoms with Gasteiger partial charge in [0.15, 0.2) is 5.13 Å². The molecule has 1 aromatic heterocycles. The molecule has 1 unspecified atom stereocenters. The normalized spacial score (nSPS) is 40.7. The van der Waals surface area contributed by atoms with Crippen LogP contribution in [0.5, 0.6) is 0 Å². The maximum absolute atomic E-state index is 13.2. The van der Waals surface area contributed by atoms with E-state index in [0.717, 1.165) is 12.3 Å². The number of allylic oxidation sites excluding steroid dienone is 2. The Morgan fingerprint density at radius 1 is 1.27 bits per heavy atom. The fourth-order valence-corrected chi connectivity index (χ4v) is 8.46. The first-order valence-corrected chi connectivity index (χ1v) is 12.3. The third-order valence-corrected chi connectivity index (χ3v) is 9.78. The molecule has 1 saturated heterocycles. The largest absolute Gasteiger partial charge is 0.318 e. The van der Waals surface area contributed by atoms with Crippen LogP contribution in [0.25, 0.3) is 0 Å². The van der Waals surface area contributed by atoms with Crippen LogP contribution in [0.4, 0.5) is 5.13 Å². The van der Waals surface area contributed by atoms with Gasteiger partial charge in [0.25, 0.3) is 0 Å². The van der Waals surface area contributed by atoms with Crippen LogP contribution in [0.2, 0.25) is 0 Å². The summed E-state index contributed by atoms with van der Waals surface area (Å²) in [7, 11) is 1.88. The molecule has 5 rings (SSSR count). The fourth-order valence-electron chi connectivity index (χ4n) is 7.92. The van der Waals surface area contributed by atoms with Gasteiger partial charge in [0.1, 0.15) is 5.92 Å². The van der Waals surface area contributed by atoms with Crippen molar-refractivity contribution in [1.29, 1.82) is 0 Å². The van der Waals surface area contributed by atoms with E-state index in [1.807, 2.05) is 17.3 Å². The van der Waals surface area contributed by atoms with Crippen LogP contribution >= 0.6 is 11.3 Å².